The molecule has 0 aliphatic rings. The molecule has 8 nitrogen and oxygen atoms in total. The summed E-state index contributed by atoms with van der Waals surface area (Å²) in [4.78, 5) is 9.15. The number of anilines is 6. The smallest absolute Gasteiger partial charge is 0.212 e. The maximum atomic E-state index is 12.1. The molecule has 0 bridgehead atoms. The minimum Gasteiger partial charge on any atom is -0.317 e. The lowest BCUT2D eigenvalue weighted by Gasteiger charge is -2.27. The number of nitriles is 1. The number of para-hydroxylation sites is 10. The Bertz CT molecular complexity index is 5260. The molecular weight excluding hydrogens is 1070 g/mol. The lowest BCUT2D eigenvalue weighted by Crippen LogP contribution is -2.12. The molecule has 0 spiro atoms. The SMILES string of the molecule is [C-]#[N+]c1cc(-n2c3cc4c5ccccc5n(-c5ccccc5)c4cc3c3cccc(N(c4ccccc4)c4ccccc4)c32)c(C#N)cc1-n1c2cc3c4ccccc4n(-c4ccccc4)c3cc2c2cccc(N(c3ccccc3)c3ccccc3)c21. The van der Waals surface area contributed by atoms with Crippen LogP contribution in [0.15, 0.2) is 303 Å². The second kappa shape index (κ2) is 20.2. The summed E-state index contributed by atoms with van der Waals surface area (Å²) in [6.45, 7) is 9.44. The van der Waals surface area contributed by atoms with Crippen LogP contribution in [-0.2, 0) is 0 Å². The largest absolute Gasteiger partial charge is 0.317 e. The molecule has 4 heterocycles. The fraction of sp³-hybridized carbons (Fsp3) is 0. The first-order valence-corrected chi connectivity index (χ1v) is 29.5. The molecule has 13 aromatic carbocycles. The van der Waals surface area contributed by atoms with Crippen LogP contribution in [0.3, 0.4) is 0 Å². The van der Waals surface area contributed by atoms with E-state index in [2.05, 4.69) is 306 Å². The van der Waals surface area contributed by atoms with E-state index in [1.807, 2.05) is 36.4 Å². The molecule has 0 atom stereocenters. The Morgan fingerprint density at radius 2 is 0.625 bits per heavy atom. The van der Waals surface area contributed by atoms with Gasteiger partial charge in [0, 0.05) is 77.2 Å². The second-order valence-electron chi connectivity index (χ2n) is 22.3. The Morgan fingerprint density at radius 3 is 1.01 bits per heavy atom. The van der Waals surface area contributed by atoms with E-state index in [-0.39, 0.29) is 0 Å². The number of hydrogen-bond donors (Lipinski definition) is 0. The fourth-order valence-electron chi connectivity index (χ4n) is 13.9. The summed E-state index contributed by atoms with van der Waals surface area (Å²) in [6, 6.07) is 109. The van der Waals surface area contributed by atoms with Gasteiger partial charge in [-0.1, -0.05) is 170 Å². The average molecular weight is 1120 g/mol. The van der Waals surface area contributed by atoms with Crippen LogP contribution in [-0.4, -0.2) is 18.3 Å². The van der Waals surface area contributed by atoms with Gasteiger partial charge < -0.3 is 28.1 Å². The van der Waals surface area contributed by atoms with Gasteiger partial charge in [-0.2, -0.15) is 5.26 Å². The summed E-state index contributed by atoms with van der Waals surface area (Å²) in [7, 11) is 0. The molecule has 0 N–H and O–H groups in total. The average Bonchev–Trinajstić information content (AvgIpc) is 1.58. The summed E-state index contributed by atoms with van der Waals surface area (Å²) in [6.07, 6.45) is 0. The molecule has 88 heavy (non-hydrogen) atoms. The Labute approximate surface area is 506 Å². The summed E-state index contributed by atoms with van der Waals surface area (Å²) >= 11 is 0. The van der Waals surface area contributed by atoms with E-state index in [0.717, 1.165) is 133 Å². The van der Waals surface area contributed by atoms with Crippen LogP contribution >= 0.6 is 0 Å². The highest BCUT2D eigenvalue weighted by Crippen LogP contribution is 2.50. The molecular formula is C80H50N8. The summed E-state index contributed by atoms with van der Waals surface area (Å²) < 4.78 is 9.23. The van der Waals surface area contributed by atoms with Crippen LogP contribution in [0.1, 0.15) is 5.56 Å². The number of benzene rings is 13. The van der Waals surface area contributed by atoms with E-state index in [1.165, 1.54) is 0 Å². The van der Waals surface area contributed by atoms with Crippen molar-refractivity contribution >= 4 is 127 Å². The minimum atomic E-state index is 0.387. The first kappa shape index (κ1) is 50.2. The number of aromatic nitrogens is 4. The minimum absolute atomic E-state index is 0.387. The van der Waals surface area contributed by atoms with Crippen LogP contribution in [0, 0.1) is 17.9 Å². The van der Waals surface area contributed by atoms with Crippen molar-refractivity contribution in [1.29, 1.82) is 5.26 Å². The third-order valence-electron chi connectivity index (χ3n) is 17.5. The van der Waals surface area contributed by atoms with Crippen LogP contribution < -0.4 is 9.80 Å². The molecule has 0 amide bonds. The van der Waals surface area contributed by atoms with Gasteiger partial charge in [-0.05, 0) is 133 Å². The predicted molar refractivity (Wildman–Crippen MR) is 364 cm³/mol. The Morgan fingerprint density at radius 1 is 0.295 bits per heavy atom. The zero-order valence-electron chi connectivity index (χ0n) is 47.4. The van der Waals surface area contributed by atoms with Gasteiger partial charge in [0.05, 0.1) is 79.0 Å². The van der Waals surface area contributed by atoms with Gasteiger partial charge in [0.1, 0.15) is 6.07 Å². The number of fused-ring (bicyclic) bond motifs is 12. The fourth-order valence-corrected chi connectivity index (χ4v) is 13.9. The van der Waals surface area contributed by atoms with Gasteiger partial charge in [0.15, 0.2) is 0 Å². The van der Waals surface area contributed by atoms with Crippen LogP contribution in [0.2, 0.25) is 0 Å². The predicted octanol–water partition coefficient (Wildman–Crippen LogP) is 21.4. The second-order valence-corrected chi connectivity index (χ2v) is 22.3. The third-order valence-corrected chi connectivity index (χ3v) is 17.5. The van der Waals surface area contributed by atoms with Crippen molar-refractivity contribution in [2.24, 2.45) is 0 Å². The molecule has 0 saturated carbocycles. The standard InChI is InChI=1S/C80H50N8/c1-82-68-51-73(87-76-47-64-60-38-20-22-42-69(60)85(58-34-16-6-17-35-58)74(64)49-66(76)62-40-24-44-71(79(62)87)83(54-26-8-2-9-27-54)55-28-10-3-11-29-55)53(52-81)46-78(68)88-77-48-65-61-39-21-23-43-70(61)86(59-36-18-7-19-37-59)75(65)50-67(77)63-41-25-45-72(80(63)88)84(56-30-12-4-13-31-56)57-32-14-5-15-33-57/h2-51H. The van der Waals surface area contributed by atoms with E-state index in [4.69, 9.17) is 0 Å². The van der Waals surface area contributed by atoms with Crippen molar-refractivity contribution in [3.05, 3.63) is 320 Å². The van der Waals surface area contributed by atoms with E-state index in [9.17, 15) is 11.8 Å². The zero-order chi connectivity index (χ0) is 58.4. The highest BCUT2D eigenvalue weighted by Gasteiger charge is 2.29. The molecule has 8 heteroatoms. The van der Waals surface area contributed by atoms with Crippen molar-refractivity contribution in [3.8, 4) is 28.8 Å². The van der Waals surface area contributed by atoms with Crippen LogP contribution in [0.25, 0.3) is 115 Å². The Balaban J connectivity index is 1.01. The van der Waals surface area contributed by atoms with Crippen molar-refractivity contribution in [2.45, 2.75) is 0 Å². The molecule has 0 fully saturated rings. The van der Waals surface area contributed by atoms with Gasteiger partial charge >= 0.3 is 0 Å². The quantitative estimate of drug-likeness (QED) is 0.128. The normalized spacial score (nSPS) is 11.6. The van der Waals surface area contributed by atoms with E-state index >= 15 is 0 Å². The topological polar surface area (TPSA) is 54.4 Å². The third kappa shape index (κ3) is 7.63. The molecule has 4 aromatic heterocycles. The van der Waals surface area contributed by atoms with Crippen molar-refractivity contribution < 1.29 is 0 Å². The monoisotopic (exact) mass is 1120 g/mol. The molecule has 17 rings (SSSR count). The van der Waals surface area contributed by atoms with Crippen LogP contribution in [0.5, 0.6) is 0 Å². The molecule has 410 valence electrons. The van der Waals surface area contributed by atoms with Crippen molar-refractivity contribution in [1.82, 2.24) is 18.3 Å². The number of rotatable bonds is 10. The van der Waals surface area contributed by atoms with Gasteiger partial charge in [0.25, 0.3) is 0 Å². The van der Waals surface area contributed by atoms with Crippen molar-refractivity contribution in [3.63, 3.8) is 0 Å². The zero-order valence-corrected chi connectivity index (χ0v) is 47.4. The van der Waals surface area contributed by atoms with Crippen LogP contribution in [0.4, 0.5) is 39.8 Å². The summed E-state index contributed by atoms with van der Waals surface area (Å²) in [5, 5.41) is 20.5. The Kier molecular flexibility index (Phi) is 11.5. The maximum absolute atomic E-state index is 12.1. The molecule has 0 radical (unpaired) electrons. The first-order chi connectivity index (χ1) is 43.6. The number of hydrogen-bond acceptors (Lipinski definition) is 3. The van der Waals surface area contributed by atoms with Gasteiger partial charge in [-0.25, -0.2) is 4.85 Å². The van der Waals surface area contributed by atoms with E-state index < -0.39 is 0 Å². The lowest BCUT2D eigenvalue weighted by molar-refractivity contribution is 1.13. The lowest BCUT2D eigenvalue weighted by atomic mass is 10.1. The molecule has 0 aliphatic carbocycles. The highest BCUT2D eigenvalue weighted by atomic mass is 15.2. The number of nitrogens with zero attached hydrogens (tertiary/aromatic N) is 8. The molecule has 0 aliphatic heterocycles. The van der Waals surface area contributed by atoms with E-state index in [0.29, 0.717) is 22.6 Å². The molecule has 17 aromatic rings. The summed E-state index contributed by atoms with van der Waals surface area (Å²) in [5.41, 5.74) is 17.8. The Hall–Kier alpha value is -12.4. The molecule has 0 saturated heterocycles. The summed E-state index contributed by atoms with van der Waals surface area (Å²) in [5.74, 6) is 0. The maximum Gasteiger partial charge on any atom is 0.212 e. The highest BCUT2D eigenvalue weighted by molar-refractivity contribution is 6.23. The van der Waals surface area contributed by atoms with Gasteiger partial charge in [-0.15, -0.1) is 0 Å². The van der Waals surface area contributed by atoms with Crippen molar-refractivity contribution in [2.75, 3.05) is 9.80 Å². The first-order valence-electron chi connectivity index (χ1n) is 29.5. The van der Waals surface area contributed by atoms with Gasteiger partial charge in [-0.3, -0.25) is 0 Å². The molecule has 0 unspecified atom stereocenters. The van der Waals surface area contributed by atoms with Gasteiger partial charge in [0.2, 0.25) is 5.69 Å². The van der Waals surface area contributed by atoms with E-state index in [1.54, 1.807) is 0 Å².